The Labute approximate surface area is 196 Å². The highest BCUT2D eigenvalue weighted by Crippen LogP contribution is 2.47. The van der Waals surface area contributed by atoms with Gasteiger partial charge >= 0.3 is 0 Å². The molecular weight excluding hydrogens is 432 g/mol. The van der Waals surface area contributed by atoms with Crippen molar-refractivity contribution in [3.63, 3.8) is 0 Å². The minimum absolute atomic E-state index is 0.0936. The number of nitrogens with zero attached hydrogens (tertiary/aromatic N) is 6. The number of pyridine rings is 1. The fourth-order valence-electron chi connectivity index (χ4n) is 4.71. The van der Waals surface area contributed by atoms with Crippen molar-refractivity contribution in [1.29, 1.82) is 5.26 Å². The maximum atomic E-state index is 13.0. The highest BCUT2D eigenvalue weighted by molar-refractivity contribution is 6.01. The van der Waals surface area contributed by atoms with E-state index < -0.39 is 11.3 Å². The van der Waals surface area contributed by atoms with Gasteiger partial charge in [-0.15, -0.1) is 0 Å². The third-order valence-electron chi connectivity index (χ3n) is 6.91. The van der Waals surface area contributed by atoms with Gasteiger partial charge in [0.25, 0.3) is 5.91 Å². The second-order valence-corrected chi connectivity index (χ2v) is 9.20. The van der Waals surface area contributed by atoms with E-state index in [0.29, 0.717) is 43.0 Å². The van der Waals surface area contributed by atoms with E-state index in [4.69, 9.17) is 10.7 Å². The smallest absolute Gasteiger partial charge is 0.252 e. The molecule has 1 saturated carbocycles. The minimum Gasteiger partial charge on any atom is -0.376 e. The van der Waals surface area contributed by atoms with E-state index in [9.17, 15) is 14.9 Å². The van der Waals surface area contributed by atoms with Gasteiger partial charge < -0.3 is 16.0 Å². The summed E-state index contributed by atoms with van der Waals surface area (Å²) >= 11 is 0. The van der Waals surface area contributed by atoms with Crippen LogP contribution in [-0.2, 0) is 4.79 Å². The van der Waals surface area contributed by atoms with E-state index in [1.165, 1.54) is 6.20 Å². The summed E-state index contributed by atoms with van der Waals surface area (Å²) in [5.74, 6) is -0.546. The van der Waals surface area contributed by atoms with E-state index >= 15 is 0 Å². The lowest BCUT2D eigenvalue weighted by atomic mass is 10.0. The van der Waals surface area contributed by atoms with Gasteiger partial charge in [-0.3, -0.25) is 14.6 Å². The molecule has 3 aromatic rings. The number of carbonyl (C=O) groups excluding carboxylic acids is 2. The summed E-state index contributed by atoms with van der Waals surface area (Å²) in [7, 11) is 0. The molecule has 2 amide bonds. The number of aryl methyl sites for hydroxylation is 1. The van der Waals surface area contributed by atoms with Crippen LogP contribution in [-0.4, -0.2) is 55.4 Å². The Kier molecular flexibility index (Phi) is 5.20. The predicted octanol–water partition coefficient (Wildman–Crippen LogP) is 2.15. The van der Waals surface area contributed by atoms with Crippen LogP contribution < -0.4 is 11.1 Å². The van der Waals surface area contributed by atoms with Gasteiger partial charge in [-0.25, -0.2) is 9.50 Å². The Morgan fingerprint density at radius 1 is 1.35 bits per heavy atom. The highest BCUT2D eigenvalue weighted by Gasteiger charge is 2.54. The van der Waals surface area contributed by atoms with Crippen molar-refractivity contribution in [2.24, 2.45) is 17.1 Å². The minimum atomic E-state index is -0.851. The molecule has 0 bridgehead atoms. The Bertz CT molecular complexity index is 1340. The molecule has 2 aliphatic rings. The van der Waals surface area contributed by atoms with E-state index in [1.54, 1.807) is 21.8 Å². The van der Waals surface area contributed by atoms with Gasteiger partial charge in [-0.2, -0.15) is 10.4 Å². The number of hydrogen-bond donors (Lipinski definition) is 2. The van der Waals surface area contributed by atoms with Crippen LogP contribution in [0.25, 0.3) is 16.9 Å². The first-order valence-electron chi connectivity index (χ1n) is 11.4. The average Bonchev–Trinajstić information content (AvgIpc) is 3.33. The number of primary amides is 1. The molecule has 1 aliphatic carbocycles. The number of nitriles is 1. The number of rotatable bonds is 6. The van der Waals surface area contributed by atoms with Crippen LogP contribution in [0, 0.1) is 29.6 Å². The van der Waals surface area contributed by atoms with Crippen LogP contribution in [0.3, 0.4) is 0 Å². The van der Waals surface area contributed by atoms with Gasteiger partial charge in [0.05, 0.1) is 35.4 Å². The van der Waals surface area contributed by atoms with Crippen LogP contribution >= 0.6 is 0 Å². The first kappa shape index (κ1) is 21.8. The van der Waals surface area contributed by atoms with Crippen molar-refractivity contribution >= 4 is 23.1 Å². The molecule has 4 heterocycles. The van der Waals surface area contributed by atoms with E-state index in [-0.39, 0.29) is 23.4 Å². The number of imidazole rings is 1. The Balaban J connectivity index is 1.50. The number of nitrogens with two attached hydrogens (primary N) is 1. The zero-order chi connectivity index (χ0) is 24.0. The third kappa shape index (κ3) is 3.63. The zero-order valence-electron chi connectivity index (χ0n) is 19.2. The van der Waals surface area contributed by atoms with Crippen LogP contribution in [0.2, 0.25) is 0 Å². The molecule has 2 atom stereocenters. The lowest BCUT2D eigenvalue weighted by Gasteiger charge is -2.21. The Morgan fingerprint density at radius 2 is 2.15 bits per heavy atom. The maximum absolute atomic E-state index is 13.0. The topological polar surface area (TPSA) is 142 Å². The number of likely N-dealkylation sites (tertiary alicyclic amines) is 1. The number of anilines is 1. The number of amides is 2. The molecule has 3 N–H and O–H groups in total. The van der Waals surface area contributed by atoms with Crippen molar-refractivity contribution in [1.82, 2.24) is 24.5 Å². The first-order chi connectivity index (χ1) is 16.3. The largest absolute Gasteiger partial charge is 0.376 e. The molecule has 174 valence electrons. The van der Waals surface area contributed by atoms with Crippen molar-refractivity contribution < 1.29 is 9.59 Å². The van der Waals surface area contributed by atoms with Gasteiger partial charge in [0, 0.05) is 36.6 Å². The van der Waals surface area contributed by atoms with Crippen molar-refractivity contribution in [2.75, 3.05) is 18.4 Å². The quantitative estimate of drug-likeness (QED) is 0.576. The third-order valence-corrected chi connectivity index (χ3v) is 6.91. The van der Waals surface area contributed by atoms with Crippen LogP contribution in [0.15, 0.2) is 30.7 Å². The average molecular weight is 459 g/mol. The predicted molar refractivity (Wildman–Crippen MR) is 125 cm³/mol. The van der Waals surface area contributed by atoms with Gasteiger partial charge in [0.2, 0.25) is 5.91 Å². The normalized spacial score (nSPS) is 20.8. The molecule has 1 saturated heterocycles. The van der Waals surface area contributed by atoms with Crippen LogP contribution in [0.1, 0.15) is 42.2 Å². The summed E-state index contributed by atoms with van der Waals surface area (Å²) in [5.41, 5.74) is 8.50. The fraction of sp³-hybridized carbons (Fsp3) is 0.417. The molecular formula is C24H26N8O2. The molecule has 2 fully saturated rings. The van der Waals surface area contributed by atoms with Gasteiger partial charge in [0.15, 0.2) is 5.65 Å². The number of fused-ring (bicyclic) bond motifs is 1. The highest BCUT2D eigenvalue weighted by atomic mass is 16.2. The summed E-state index contributed by atoms with van der Waals surface area (Å²) in [6.07, 6.45) is 7.04. The first-order valence-corrected chi connectivity index (χ1v) is 11.4. The number of carbonyl (C=O) groups is 2. The van der Waals surface area contributed by atoms with Crippen molar-refractivity contribution in [2.45, 2.75) is 39.2 Å². The molecule has 0 spiro atoms. The van der Waals surface area contributed by atoms with Gasteiger partial charge in [-0.05, 0) is 44.2 Å². The van der Waals surface area contributed by atoms with Crippen molar-refractivity contribution in [3.8, 4) is 17.3 Å². The molecule has 10 heteroatoms. The summed E-state index contributed by atoms with van der Waals surface area (Å²) in [6.45, 7) is 5.00. The lowest BCUT2D eigenvalue weighted by Crippen LogP contribution is -2.36. The standard InChI is InChI=1S/C24H26N8O2/c1-3-15-10-31(23(34)24(13-25)5-6-24)11-18(15)29-20-17(21(26)33)9-28-32-12-19(30-22(20)32)16-4-7-27-14(2)8-16/h4,7-9,12,15,18,29H,3,5-6,10-11H2,1-2H3,(H2,26,33)/t15-,18-/m1/s1. The molecule has 0 radical (unpaired) electrons. The molecule has 10 nitrogen and oxygen atoms in total. The molecule has 5 rings (SSSR count). The van der Waals surface area contributed by atoms with Crippen LogP contribution in [0.5, 0.6) is 0 Å². The summed E-state index contributed by atoms with van der Waals surface area (Å²) in [6, 6.07) is 5.88. The molecule has 1 aliphatic heterocycles. The van der Waals surface area contributed by atoms with Crippen molar-refractivity contribution in [3.05, 3.63) is 42.0 Å². The Morgan fingerprint density at radius 3 is 2.79 bits per heavy atom. The number of hydrogen-bond acceptors (Lipinski definition) is 7. The number of nitrogens with one attached hydrogen (secondary N) is 1. The van der Waals surface area contributed by atoms with E-state index in [0.717, 1.165) is 17.7 Å². The number of aromatic nitrogens is 4. The van der Waals surface area contributed by atoms with E-state index in [2.05, 4.69) is 28.4 Å². The molecule has 0 aromatic carbocycles. The second-order valence-electron chi connectivity index (χ2n) is 9.20. The lowest BCUT2D eigenvalue weighted by molar-refractivity contribution is -0.134. The van der Waals surface area contributed by atoms with Gasteiger partial charge in [-0.1, -0.05) is 6.92 Å². The Hall–Kier alpha value is -4.00. The van der Waals surface area contributed by atoms with E-state index in [1.807, 2.05) is 19.1 Å². The molecule has 34 heavy (non-hydrogen) atoms. The molecule has 3 aromatic heterocycles. The summed E-state index contributed by atoms with van der Waals surface area (Å²) in [4.78, 5) is 36.0. The summed E-state index contributed by atoms with van der Waals surface area (Å²) in [5, 5.41) is 17.3. The monoisotopic (exact) mass is 458 g/mol. The van der Waals surface area contributed by atoms with Crippen LogP contribution in [0.4, 0.5) is 5.69 Å². The zero-order valence-corrected chi connectivity index (χ0v) is 19.2. The molecule has 0 unspecified atom stereocenters. The summed E-state index contributed by atoms with van der Waals surface area (Å²) < 4.78 is 1.62. The second kappa shape index (κ2) is 8.09. The maximum Gasteiger partial charge on any atom is 0.252 e. The SMILES string of the molecule is CC[C@@H]1CN(C(=O)C2(C#N)CC2)C[C@H]1Nc1c(C(N)=O)cnn2cc(-c3ccnc(C)c3)nc12. The fourth-order valence-corrected chi connectivity index (χ4v) is 4.71. The van der Waals surface area contributed by atoms with Gasteiger partial charge in [0.1, 0.15) is 5.41 Å².